The molecule has 0 bridgehead atoms. The van der Waals surface area contributed by atoms with E-state index < -0.39 is 0 Å². The zero-order valence-electron chi connectivity index (χ0n) is 10.9. The van der Waals surface area contributed by atoms with Gasteiger partial charge in [0.25, 0.3) is 0 Å². The Labute approximate surface area is 114 Å². The van der Waals surface area contributed by atoms with Gasteiger partial charge in [-0.25, -0.2) is 4.79 Å². The van der Waals surface area contributed by atoms with Gasteiger partial charge in [-0.05, 0) is 12.1 Å². The summed E-state index contributed by atoms with van der Waals surface area (Å²) in [6.07, 6.45) is 3.39. The number of benzene rings is 1. The van der Waals surface area contributed by atoms with Crippen molar-refractivity contribution in [3.05, 3.63) is 53.0 Å². The number of rotatable bonds is 3. The molecule has 0 aliphatic rings. The molecule has 2 N–H and O–H groups in total. The van der Waals surface area contributed by atoms with Crippen molar-refractivity contribution in [2.45, 2.75) is 6.54 Å². The van der Waals surface area contributed by atoms with Crippen LogP contribution in [0.25, 0.3) is 17.1 Å². The lowest BCUT2D eigenvalue weighted by molar-refractivity contribution is 0.380. The molecule has 0 fully saturated rings. The topological polar surface area (TPSA) is 91.9 Å². The Balaban J connectivity index is 2.18. The minimum atomic E-state index is -0.139. The number of aryl methyl sites for hydroxylation is 1. The highest BCUT2D eigenvalue weighted by Gasteiger charge is 2.14. The molecule has 2 aromatic heterocycles. The molecule has 7 heteroatoms. The van der Waals surface area contributed by atoms with E-state index in [1.54, 1.807) is 19.4 Å². The molecule has 0 spiro atoms. The van der Waals surface area contributed by atoms with Crippen LogP contribution in [0.1, 0.15) is 5.89 Å². The number of hydrogen-bond acceptors (Lipinski definition) is 5. The van der Waals surface area contributed by atoms with E-state index in [1.807, 2.05) is 24.3 Å². The molecule has 0 atom stereocenters. The number of para-hydroxylation sites is 1. The maximum absolute atomic E-state index is 12.1. The van der Waals surface area contributed by atoms with Crippen molar-refractivity contribution in [1.29, 1.82) is 0 Å². The number of imidazole rings is 1. The normalized spacial score (nSPS) is 10.9. The third-order valence-corrected chi connectivity index (χ3v) is 2.99. The van der Waals surface area contributed by atoms with E-state index in [2.05, 4.69) is 10.1 Å². The first-order valence-electron chi connectivity index (χ1n) is 6.07. The average Bonchev–Trinajstić information content (AvgIpc) is 3.07. The van der Waals surface area contributed by atoms with Crippen molar-refractivity contribution >= 4 is 0 Å². The quantitative estimate of drug-likeness (QED) is 0.756. The fraction of sp³-hybridized carbons (Fsp3) is 0.154. The highest BCUT2D eigenvalue weighted by molar-refractivity contribution is 5.66. The number of hydrogen-bond donors (Lipinski definition) is 1. The predicted molar refractivity (Wildman–Crippen MR) is 72.2 cm³/mol. The average molecular weight is 271 g/mol. The van der Waals surface area contributed by atoms with E-state index in [1.165, 1.54) is 9.13 Å². The summed E-state index contributed by atoms with van der Waals surface area (Å²) in [5.74, 6) is 0.770. The fourth-order valence-electron chi connectivity index (χ4n) is 1.97. The highest BCUT2D eigenvalue weighted by atomic mass is 16.5. The molecule has 3 rings (SSSR count). The molecule has 7 nitrogen and oxygen atoms in total. The third-order valence-electron chi connectivity index (χ3n) is 2.99. The van der Waals surface area contributed by atoms with E-state index in [0.29, 0.717) is 23.0 Å². The number of nitrogens with zero attached hydrogens (tertiary/aromatic N) is 4. The van der Waals surface area contributed by atoms with Gasteiger partial charge in [-0.15, -0.1) is 0 Å². The predicted octanol–water partition coefficient (Wildman–Crippen LogP) is 0.685. The van der Waals surface area contributed by atoms with Crippen LogP contribution in [-0.2, 0) is 13.6 Å². The van der Waals surface area contributed by atoms with Gasteiger partial charge in [0.15, 0.2) is 0 Å². The molecule has 2 heterocycles. The standard InChI is InChI=1S/C13H13N5O2/c1-17-6-7-18(13(17)19)10-5-3-2-4-9(10)12-15-11(8-14)20-16-12/h2-7H,8,14H2,1H3. The Morgan fingerprint density at radius 2 is 2.10 bits per heavy atom. The summed E-state index contributed by atoms with van der Waals surface area (Å²) < 4.78 is 8.05. The maximum atomic E-state index is 12.1. The lowest BCUT2D eigenvalue weighted by Gasteiger charge is -2.05. The van der Waals surface area contributed by atoms with Crippen molar-refractivity contribution in [2.24, 2.45) is 12.8 Å². The summed E-state index contributed by atoms with van der Waals surface area (Å²) in [6.45, 7) is 0.181. The van der Waals surface area contributed by atoms with Crippen LogP contribution in [0.4, 0.5) is 0 Å². The van der Waals surface area contributed by atoms with Crippen LogP contribution < -0.4 is 11.4 Å². The Bertz CT molecular complexity index is 799. The van der Waals surface area contributed by atoms with Crippen molar-refractivity contribution in [1.82, 2.24) is 19.3 Å². The van der Waals surface area contributed by atoms with Gasteiger partial charge in [0, 0.05) is 25.0 Å². The second-order valence-electron chi connectivity index (χ2n) is 4.29. The van der Waals surface area contributed by atoms with Crippen LogP contribution >= 0.6 is 0 Å². The summed E-state index contributed by atoms with van der Waals surface area (Å²) in [4.78, 5) is 16.3. The maximum Gasteiger partial charge on any atom is 0.332 e. The van der Waals surface area contributed by atoms with Crippen LogP contribution in [0.15, 0.2) is 46.0 Å². The molecule has 0 aliphatic heterocycles. The molecule has 0 saturated carbocycles. The van der Waals surface area contributed by atoms with E-state index >= 15 is 0 Å². The van der Waals surface area contributed by atoms with E-state index in [4.69, 9.17) is 10.3 Å². The molecule has 0 saturated heterocycles. The molecule has 0 radical (unpaired) electrons. The van der Waals surface area contributed by atoms with Crippen molar-refractivity contribution in [3.63, 3.8) is 0 Å². The summed E-state index contributed by atoms with van der Waals surface area (Å²) >= 11 is 0. The molecule has 3 aromatic rings. The molecule has 1 aromatic carbocycles. The SMILES string of the molecule is Cn1ccn(-c2ccccc2-c2noc(CN)n2)c1=O. The lowest BCUT2D eigenvalue weighted by Crippen LogP contribution is -2.20. The Morgan fingerprint density at radius 3 is 2.75 bits per heavy atom. The van der Waals surface area contributed by atoms with Gasteiger partial charge in [0.1, 0.15) is 0 Å². The van der Waals surface area contributed by atoms with Crippen LogP contribution in [0.5, 0.6) is 0 Å². The van der Waals surface area contributed by atoms with Crippen LogP contribution in [0.3, 0.4) is 0 Å². The van der Waals surface area contributed by atoms with Gasteiger partial charge in [0.05, 0.1) is 12.2 Å². The number of aromatic nitrogens is 4. The summed E-state index contributed by atoms with van der Waals surface area (Å²) in [5, 5.41) is 3.89. The van der Waals surface area contributed by atoms with Crippen LogP contribution in [0, 0.1) is 0 Å². The fourth-order valence-corrected chi connectivity index (χ4v) is 1.97. The van der Waals surface area contributed by atoms with Crippen molar-refractivity contribution < 1.29 is 4.52 Å². The highest BCUT2D eigenvalue weighted by Crippen LogP contribution is 2.23. The summed E-state index contributed by atoms with van der Waals surface area (Å²) in [5.41, 5.74) is 6.73. The second kappa shape index (κ2) is 4.78. The first-order valence-corrected chi connectivity index (χ1v) is 6.07. The molecule has 0 unspecified atom stereocenters. The molecule has 0 aliphatic carbocycles. The summed E-state index contributed by atoms with van der Waals surface area (Å²) in [7, 11) is 1.70. The second-order valence-corrected chi connectivity index (χ2v) is 4.29. The molecular weight excluding hydrogens is 258 g/mol. The first kappa shape index (κ1) is 12.4. The lowest BCUT2D eigenvalue weighted by atomic mass is 10.1. The van der Waals surface area contributed by atoms with Gasteiger partial charge >= 0.3 is 5.69 Å². The molecular formula is C13H13N5O2. The molecule has 102 valence electrons. The third kappa shape index (κ3) is 1.94. The van der Waals surface area contributed by atoms with Crippen LogP contribution in [-0.4, -0.2) is 19.3 Å². The Hall–Kier alpha value is -2.67. The number of nitrogens with two attached hydrogens (primary N) is 1. The van der Waals surface area contributed by atoms with Crippen molar-refractivity contribution in [2.75, 3.05) is 0 Å². The zero-order valence-corrected chi connectivity index (χ0v) is 10.9. The van der Waals surface area contributed by atoms with E-state index in [0.717, 1.165) is 0 Å². The van der Waals surface area contributed by atoms with Gasteiger partial charge in [-0.3, -0.25) is 4.57 Å². The van der Waals surface area contributed by atoms with Gasteiger partial charge in [-0.1, -0.05) is 17.3 Å². The molecule has 20 heavy (non-hydrogen) atoms. The van der Waals surface area contributed by atoms with E-state index in [9.17, 15) is 4.79 Å². The smallest absolute Gasteiger partial charge is 0.332 e. The van der Waals surface area contributed by atoms with Gasteiger partial charge in [0.2, 0.25) is 11.7 Å². The Kier molecular flexibility index (Phi) is 2.96. The minimum absolute atomic E-state index is 0.139. The minimum Gasteiger partial charge on any atom is -0.338 e. The van der Waals surface area contributed by atoms with Gasteiger partial charge < -0.3 is 14.8 Å². The van der Waals surface area contributed by atoms with Gasteiger partial charge in [-0.2, -0.15) is 4.98 Å². The van der Waals surface area contributed by atoms with Crippen LogP contribution in [0.2, 0.25) is 0 Å². The summed E-state index contributed by atoms with van der Waals surface area (Å²) in [6, 6.07) is 7.36. The zero-order chi connectivity index (χ0) is 14.1. The Morgan fingerprint density at radius 1 is 1.30 bits per heavy atom. The largest absolute Gasteiger partial charge is 0.338 e. The monoisotopic (exact) mass is 271 g/mol. The first-order chi connectivity index (χ1) is 9.70. The van der Waals surface area contributed by atoms with Crippen molar-refractivity contribution in [3.8, 4) is 17.1 Å². The van der Waals surface area contributed by atoms with E-state index in [-0.39, 0.29) is 12.2 Å². The molecule has 0 amide bonds.